The van der Waals surface area contributed by atoms with Crippen LogP contribution in [0.5, 0.6) is 0 Å². The monoisotopic (exact) mass is 268 g/mol. The van der Waals surface area contributed by atoms with Crippen molar-refractivity contribution in [3.63, 3.8) is 0 Å². The van der Waals surface area contributed by atoms with Crippen molar-refractivity contribution in [3.8, 4) is 0 Å². The highest BCUT2D eigenvalue weighted by Crippen LogP contribution is 2.16. The predicted molar refractivity (Wildman–Crippen MR) is 85.7 cm³/mol. The second-order valence-corrected chi connectivity index (χ2v) is 6.37. The lowest BCUT2D eigenvalue weighted by molar-refractivity contribution is 0.283. The molecule has 1 saturated heterocycles. The second-order valence-electron chi connectivity index (χ2n) is 6.37. The SMILES string of the molecule is CCCCCC(CCCCC)NCC1CCCN1C. The summed E-state index contributed by atoms with van der Waals surface area (Å²) in [5.41, 5.74) is 0. The molecule has 0 aromatic carbocycles. The maximum absolute atomic E-state index is 3.87. The molecule has 0 saturated carbocycles. The van der Waals surface area contributed by atoms with E-state index in [2.05, 4.69) is 31.1 Å². The Bertz CT molecular complexity index is 195. The molecule has 0 radical (unpaired) electrons. The number of hydrogen-bond acceptors (Lipinski definition) is 2. The molecular weight excluding hydrogens is 232 g/mol. The second kappa shape index (κ2) is 10.7. The summed E-state index contributed by atoms with van der Waals surface area (Å²) in [6.45, 7) is 7.10. The Labute approximate surface area is 121 Å². The van der Waals surface area contributed by atoms with E-state index in [-0.39, 0.29) is 0 Å². The first-order chi connectivity index (χ1) is 9.27. The van der Waals surface area contributed by atoms with Crippen LogP contribution in [-0.4, -0.2) is 37.1 Å². The van der Waals surface area contributed by atoms with Gasteiger partial charge in [0.2, 0.25) is 0 Å². The summed E-state index contributed by atoms with van der Waals surface area (Å²) in [6, 6.07) is 1.56. The van der Waals surface area contributed by atoms with E-state index in [1.165, 1.54) is 77.3 Å². The highest BCUT2D eigenvalue weighted by Gasteiger charge is 2.21. The smallest absolute Gasteiger partial charge is 0.0218 e. The molecule has 2 nitrogen and oxygen atoms in total. The van der Waals surface area contributed by atoms with Crippen LogP contribution in [0.2, 0.25) is 0 Å². The van der Waals surface area contributed by atoms with E-state index in [9.17, 15) is 0 Å². The standard InChI is InChI=1S/C17H36N2/c1-4-6-8-11-16(12-9-7-5-2)18-15-17-13-10-14-19(17)3/h16-18H,4-15H2,1-3H3. The number of nitrogens with zero attached hydrogens (tertiary/aromatic N) is 1. The van der Waals surface area contributed by atoms with E-state index in [0.717, 1.165) is 12.1 Å². The van der Waals surface area contributed by atoms with Crippen molar-refractivity contribution >= 4 is 0 Å². The Morgan fingerprint density at radius 2 is 1.68 bits per heavy atom. The van der Waals surface area contributed by atoms with Gasteiger partial charge in [-0.25, -0.2) is 0 Å². The van der Waals surface area contributed by atoms with Crippen LogP contribution in [0.1, 0.15) is 78.1 Å². The molecule has 1 unspecified atom stereocenters. The third-order valence-corrected chi connectivity index (χ3v) is 4.63. The van der Waals surface area contributed by atoms with Gasteiger partial charge in [0.05, 0.1) is 0 Å². The lowest BCUT2D eigenvalue weighted by Crippen LogP contribution is -2.40. The first-order valence-electron chi connectivity index (χ1n) is 8.71. The minimum Gasteiger partial charge on any atom is -0.312 e. The van der Waals surface area contributed by atoms with Gasteiger partial charge >= 0.3 is 0 Å². The van der Waals surface area contributed by atoms with E-state index in [4.69, 9.17) is 0 Å². The molecule has 0 aromatic heterocycles. The van der Waals surface area contributed by atoms with Crippen molar-refractivity contribution in [3.05, 3.63) is 0 Å². The van der Waals surface area contributed by atoms with Crippen molar-refractivity contribution in [1.82, 2.24) is 10.2 Å². The summed E-state index contributed by atoms with van der Waals surface area (Å²) >= 11 is 0. The van der Waals surface area contributed by atoms with Gasteiger partial charge < -0.3 is 10.2 Å². The molecule has 0 spiro atoms. The molecule has 2 heteroatoms. The van der Waals surface area contributed by atoms with Gasteiger partial charge in [0.25, 0.3) is 0 Å². The zero-order valence-electron chi connectivity index (χ0n) is 13.6. The van der Waals surface area contributed by atoms with Crippen LogP contribution in [0.4, 0.5) is 0 Å². The van der Waals surface area contributed by atoms with Crippen LogP contribution >= 0.6 is 0 Å². The van der Waals surface area contributed by atoms with Gasteiger partial charge in [0, 0.05) is 18.6 Å². The summed E-state index contributed by atoms with van der Waals surface area (Å²) < 4.78 is 0. The lowest BCUT2D eigenvalue weighted by Gasteiger charge is -2.24. The molecule has 0 aliphatic carbocycles. The molecule has 1 atom stereocenters. The lowest BCUT2D eigenvalue weighted by atomic mass is 10.0. The number of hydrogen-bond donors (Lipinski definition) is 1. The van der Waals surface area contributed by atoms with E-state index < -0.39 is 0 Å². The first-order valence-corrected chi connectivity index (χ1v) is 8.71. The van der Waals surface area contributed by atoms with E-state index in [1.807, 2.05) is 0 Å². The summed E-state index contributed by atoms with van der Waals surface area (Å²) in [5.74, 6) is 0. The van der Waals surface area contributed by atoms with Gasteiger partial charge in [-0.2, -0.15) is 0 Å². The molecule has 114 valence electrons. The topological polar surface area (TPSA) is 15.3 Å². The summed E-state index contributed by atoms with van der Waals surface area (Å²) in [5, 5.41) is 3.87. The van der Waals surface area contributed by atoms with Crippen LogP contribution in [0, 0.1) is 0 Å². The Balaban J connectivity index is 2.21. The molecule has 1 heterocycles. The van der Waals surface area contributed by atoms with Crippen molar-refractivity contribution in [2.75, 3.05) is 20.1 Å². The molecule has 1 fully saturated rings. The average Bonchev–Trinajstić information content (AvgIpc) is 2.81. The summed E-state index contributed by atoms with van der Waals surface area (Å²) in [7, 11) is 2.28. The maximum Gasteiger partial charge on any atom is 0.0218 e. The van der Waals surface area contributed by atoms with Gasteiger partial charge in [0.15, 0.2) is 0 Å². The Morgan fingerprint density at radius 1 is 1.05 bits per heavy atom. The Hall–Kier alpha value is -0.0800. The fourth-order valence-electron chi connectivity index (χ4n) is 3.17. The normalized spacial score (nSPS) is 20.5. The molecule has 0 amide bonds. The van der Waals surface area contributed by atoms with Crippen molar-refractivity contribution < 1.29 is 0 Å². The highest BCUT2D eigenvalue weighted by atomic mass is 15.2. The molecule has 1 rings (SSSR count). The molecule has 19 heavy (non-hydrogen) atoms. The number of nitrogens with one attached hydrogen (secondary N) is 1. The number of likely N-dealkylation sites (N-methyl/N-ethyl adjacent to an activating group) is 1. The molecular formula is C17H36N2. The van der Waals surface area contributed by atoms with Crippen LogP contribution in [0.25, 0.3) is 0 Å². The number of rotatable bonds is 11. The van der Waals surface area contributed by atoms with E-state index >= 15 is 0 Å². The molecule has 1 N–H and O–H groups in total. The zero-order valence-corrected chi connectivity index (χ0v) is 13.6. The van der Waals surface area contributed by atoms with Crippen molar-refractivity contribution in [2.45, 2.75) is 90.1 Å². The third kappa shape index (κ3) is 7.31. The Morgan fingerprint density at radius 3 is 2.16 bits per heavy atom. The average molecular weight is 268 g/mol. The van der Waals surface area contributed by atoms with Crippen molar-refractivity contribution in [2.24, 2.45) is 0 Å². The van der Waals surface area contributed by atoms with Crippen LogP contribution in [-0.2, 0) is 0 Å². The van der Waals surface area contributed by atoms with Crippen LogP contribution in [0.3, 0.4) is 0 Å². The van der Waals surface area contributed by atoms with E-state index in [0.29, 0.717) is 0 Å². The van der Waals surface area contributed by atoms with Crippen LogP contribution < -0.4 is 5.32 Å². The minimum atomic E-state index is 0.770. The summed E-state index contributed by atoms with van der Waals surface area (Å²) in [4.78, 5) is 2.53. The first kappa shape index (κ1) is 17.0. The fourth-order valence-corrected chi connectivity index (χ4v) is 3.17. The highest BCUT2D eigenvalue weighted by molar-refractivity contribution is 4.80. The van der Waals surface area contributed by atoms with Crippen molar-refractivity contribution in [1.29, 1.82) is 0 Å². The van der Waals surface area contributed by atoms with Gasteiger partial charge in [-0.05, 0) is 39.3 Å². The largest absolute Gasteiger partial charge is 0.312 e. The van der Waals surface area contributed by atoms with Gasteiger partial charge in [-0.15, -0.1) is 0 Å². The van der Waals surface area contributed by atoms with Crippen LogP contribution in [0.15, 0.2) is 0 Å². The molecule has 1 aliphatic rings. The third-order valence-electron chi connectivity index (χ3n) is 4.63. The Kier molecular flexibility index (Phi) is 9.54. The predicted octanol–water partition coefficient (Wildman–Crippen LogP) is 4.20. The summed E-state index contributed by atoms with van der Waals surface area (Å²) in [6.07, 6.45) is 13.8. The molecule has 0 aromatic rings. The van der Waals surface area contributed by atoms with Gasteiger partial charge in [-0.1, -0.05) is 52.4 Å². The number of likely N-dealkylation sites (tertiary alicyclic amines) is 1. The van der Waals surface area contributed by atoms with Gasteiger partial charge in [0.1, 0.15) is 0 Å². The van der Waals surface area contributed by atoms with Gasteiger partial charge in [-0.3, -0.25) is 0 Å². The maximum atomic E-state index is 3.87. The minimum absolute atomic E-state index is 0.770. The zero-order chi connectivity index (χ0) is 13.9. The fraction of sp³-hybridized carbons (Fsp3) is 1.00. The number of unbranched alkanes of at least 4 members (excludes halogenated alkanes) is 4. The molecule has 1 aliphatic heterocycles. The van der Waals surface area contributed by atoms with E-state index in [1.54, 1.807) is 0 Å². The molecule has 0 bridgehead atoms. The quantitative estimate of drug-likeness (QED) is 0.565.